The van der Waals surface area contributed by atoms with Crippen molar-refractivity contribution in [3.8, 4) is 0 Å². The van der Waals surface area contributed by atoms with Crippen molar-refractivity contribution in [3.63, 3.8) is 0 Å². The largest absolute Gasteiger partial charge is 0.370 e. The smallest absolute Gasteiger partial charge is 0.160 e. The molecular weight excluding hydrogens is 336 g/mol. The van der Waals surface area contributed by atoms with Crippen LogP contribution in [0.5, 0.6) is 0 Å². The molecule has 0 amide bonds. The molecule has 1 heterocycles. The second kappa shape index (κ2) is 5.56. The van der Waals surface area contributed by atoms with Gasteiger partial charge in [-0.3, -0.25) is 0 Å². The van der Waals surface area contributed by atoms with E-state index in [4.69, 9.17) is 4.74 Å². The Hall–Kier alpha value is -0.0000000000000000555. The number of aromatic nitrogens is 2. The molecule has 0 aromatic carbocycles. The monoisotopic (exact) mass is 350 g/mol. The van der Waals surface area contributed by atoms with E-state index in [9.17, 15) is 0 Å². The van der Waals surface area contributed by atoms with Gasteiger partial charge in [-0.25, -0.2) is 9.97 Å². The third kappa shape index (κ3) is 3.79. The highest BCUT2D eigenvalue weighted by atomic mass is 79.9. The van der Waals surface area contributed by atoms with Gasteiger partial charge in [0.05, 0.1) is 0 Å². The Labute approximate surface area is 113 Å². The SMILES string of the molecule is CCOC(c1nc(Br)cc(Br)n1)C(C)(C)C. The second-order valence-corrected chi connectivity index (χ2v) is 6.20. The Morgan fingerprint density at radius 3 is 2.12 bits per heavy atom. The van der Waals surface area contributed by atoms with Gasteiger partial charge in [-0.05, 0) is 44.2 Å². The predicted molar refractivity (Wildman–Crippen MR) is 71.3 cm³/mol. The Kier molecular flexibility index (Phi) is 4.88. The minimum Gasteiger partial charge on any atom is -0.370 e. The highest BCUT2D eigenvalue weighted by Gasteiger charge is 2.29. The van der Waals surface area contributed by atoms with Gasteiger partial charge in [-0.15, -0.1) is 0 Å². The first kappa shape index (κ1) is 14.1. The number of hydrogen-bond acceptors (Lipinski definition) is 3. The van der Waals surface area contributed by atoms with Gasteiger partial charge in [-0.1, -0.05) is 20.8 Å². The van der Waals surface area contributed by atoms with Crippen molar-refractivity contribution in [1.82, 2.24) is 9.97 Å². The van der Waals surface area contributed by atoms with Crippen LogP contribution in [0.25, 0.3) is 0 Å². The number of rotatable bonds is 3. The van der Waals surface area contributed by atoms with Gasteiger partial charge in [0.2, 0.25) is 0 Å². The fourth-order valence-corrected chi connectivity index (χ4v) is 2.51. The molecular formula is C11H16Br2N2O. The Morgan fingerprint density at radius 2 is 1.75 bits per heavy atom. The summed E-state index contributed by atoms with van der Waals surface area (Å²) in [5, 5.41) is 0. The number of ether oxygens (including phenoxy) is 1. The van der Waals surface area contributed by atoms with Gasteiger partial charge in [0.25, 0.3) is 0 Å². The lowest BCUT2D eigenvalue weighted by Crippen LogP contribution is -2.23. The van der Waals surface area contributed by atoms with Gasteiger partial charge >= 0.3 is 0 Å². The highest BCUT2D eigenvalue weighted by molar-refractivity contribution is 9.11. The molecule has 0 spiro atoms. The van der Waals surface area contributed by atoms with E-state index in [2.05, 4.69) is 62.6 Å². The third-order valence-corrected chi connectivity index (χ3v) is 2.85. The molecule has 0 aliphatic carbocycles. The Balaban J connectivity index is 3.10. The first-order valence-electron chi connectivity index (χ1n) is 5.16. The molecule has 5 heteroatoms. The molecule has 0 fully saturated rings. The van der Waals surface area contributed by atoms with E-state index in [1.165, 1.54) is 0 Å². The fourth-order valence-electron chi connectivity index (χ4n) is 1.40. The second-order valence-electron chi connectivity index (χ2n) is 4.57. The Bertz CT molecular complexity index is 343. The molecule has 3 nitrogen and oxygen atoms in total. The van der Waals surface area contributed by atoms with Gasteiger partial charge in [-0.2, -0.15) is 0 Å². The summed E-state index contributed by atoms with van der Waals surface area (Å²) in [7, 11) is 0. The van der Waals surface area contributed by atoms with Crippen molar-refractivity contribution in [3.05, 3.63) is 21.1 Å². The molecule has 1 unspecified atom stereocenters. The summed E-state index contributed by atoms with van der Waals surface area (Å²) in [4.78, 5) is 8.74. The zero-order chi connectivity index (χ0) is 12.3. The van der Waals surface area contributed by atoms with Crippen LogP contribution in [0.15, 0.2) is 15.3 Å². The van der Waals surface area contributed by atoms with E-state index >= 15 is 0 Å². The van der Waals surface area contributed by atoms with E-state index in [0.717, 1.165) is 9.21 Å². The molecule has 16 heavy (non-hydrogen) atoms. The average Bonchev–Trinajstić information content (AvgIpc) is 2.10. The van der Waals surface area contributed by atoms with Crippen LogP contribution in [0.4, 0.5) is 0 Å². The molecule has 0 radical (unpaired) electrons. The summed E-state index contributed by atoms with van der Waals surface area (Å²) in [6, 6.07) is 1.81. The molecule has 0 aliphatic rings. The molecule has 1 atom stereocenters. The lowest BCUT2D eigenvalue weighted by molar-refractivity contribution is -0.0193. The maximum absolute atomic E-state index is 5.74. The molecule has 0 bridgehead atoms. The summed E-state index contributed by atoms with van der Waals surface area (Å²) in [6.45, 7) is 8.98. The molecule has 1 aromatic rings. The van der Waals surface area contributed by atoms with Gasteiger partial charge in [0, 0.05) is 12.7 Å². The van der Waals surface area contributed by atoms with E-state index in [1.54, 1.807) is 0 Å². The predicted octanol–water partition coefficient (Wildman–Crippen LogP) is 4.13. The molecule has 1 rings (SSSR count). The van der Waals surface area contributed by atoms with Crippen LogP contribution in [-0.4, -0.2) is 16.6 Å². The summed E-state index contributed by atoms with van der Waals surface area (Å²) in [5.41, 5.74) is -0.0315. The van der Waals surface area contributed by atoms with Crippen molar-refractivity contribution in [2.45, 2.75) is 33.8 Å². The summed E-state index contributed by atoms with van der Waals surface area (Å²) < 4.78 is 7.26. The molecule has 90 valence electrons. The van der Waals surface area contributed by atoms with E-state index in [-0.39, 0.29) is 11.5 Å². The summed E-state index contributed by atoms with van der Waals surface area (Å²) in [6.07, 6.45) is -0.105. The van der Waals surface area contributed by atoms with E-state index in [0.29, 0.717) is 12.4 Å². The van der Waals surface area contributed by atoms with Crippen molar-refractivity contribution < 1.29 is 4.74 Å². The zero-order valence-corrected chi connectivity index (χ0v) is 13.1. The lowest BCUT2D eigenvalue weighted by Gasteiger charge is -2.29. The van der Waals surface area contributed by atoms with Crippen molar-refractivity contribution in [1.29, 1.82) is 0 Å². The van der Waals surface area contributed by atoms with E-state index in [1.807, 2.05) is 13.0 Å². The lowest BCUT2D eigenvalue weighted by atomic mass is 9.88. The van der Waals surface area contributed by atoms with Crippen LogP contribution in [0.1, 0.15) is 39.6 Å². The number of halogens is 2. The standard InChI is InChI=1S/C11H16Br2N2O/c1-5-16-9(11(2,3)4)10-14-7(12)6-8(13)15-10/h6,9H,5H2,1-4H3. The maximum atomic E-state index is 5.74. The topological polar surface area (TPSA) is 35.0 Å². The first-order chi connectivity index (χ1) is 7.34. The van der Waals surface area contributed by atoms with Gasteiger partial charge < -0.3 is 4.74 Å². The van der Waals surface area contributed by atoms with E-state index < -0.39 is 0 Å². The van der Waals surface area contributed by atoms with Crippen LogP contribution in [0.3, 0.4) is 0 Å². The maximum Gasteiger partial charge on any atom is 0.160 e. The van der Waals surface area contributed by atoms with Crippen LogP contribution < -0.4 is 0 Å². The summed E-state index contributed by atoms with van der Waals surface area (Å²) >= 11 is 6.72. The van der Waals surface area contributed by atoms with Crippen molar-refractivity contribution in [2.75, 3.05) is 6.61 Å². The summed E-state index contributed by atoms with van der Waals surface area (Å²) in [5.74, 6) is 0.704. The highest BCUT2D eigenvalue weighted by Crippen LogP contribution is 2.35. The minimum absolute atomic E-state index is 0.0315. The molecule has 0 saturated heterocycles. The normalized spacial score (nSPS) is 13.9. The van der Waals surface area contributed by atoms with Crippen molar-refractivity contribution in [2.24, 2.45) is 5.41 Å². The first-order valence-corrected chi connectivity index (χ1v) is 6.74. The van der Waals surface area contributed by atoms with Crippen LogP contribution in [0.2, 0.25) is 0 Å². The zero-order valence-electron chi connectivity index (χ0n) is 9.92. The minimum atomic E-state index is -0.105. The number of nitrogens with zero attached hydrogens (tertiary/aromatic N) is 2. The fraction of sp³-hybridized carbons (Fsp3) is 0.636. The van der Waals surface area contributed by atoms with Crippen molar-refractivity contribution >= 4 is 31.9 Å². The van der Waals surface area contributed by atoms with Gasteiger partial charge in [0.1, 0.15) is 15.3 Å². The van der Waals surface area contributed by atoms with Crippen LogP contribution in [0, 0.1) is 5.41 Å². The molecule has 0 N–H and O–H groups in total. The van der Waals surface area contributed by atoms with Crippen LogP contribution >= 0.6 is 31.9 Å². The molecule has 0 saturated carbocycles. The number of hydrogen-bond donors (Lipinski definition) is 0. The quantitative estimate of drug-likeness (QED) is 0.768. The Morgan fingerprint density at radius 1 is 1.25 bits per heavy atom. The molecule has 1 aromatic heterocycles. The van der Waals surface area contributed by atoms with Crippen LogP contribution in [-0.2, 0) is 4.74 Å². The molecule has 0 aliphatic heterocycles. The third-order valence-electron chi connectivity index (χ3n) is 2.04. The van der Waals surface area contributed by atoms with Gasteiger partial charge in [0.15, 0.2) is 5.82 Å². The average molecular weight is 352 g/mol.